The lowest BCUT2D eigenvalue weighted by Gasteiger charge is -2.15. The van der Waals surface area contributed by atoms with Crippen LogP contribution in [0.4, 0.5) is 18.9 Å². The second-order valence-corrected chi connectivity index (χ2v) is 4.80. The van der Waals surface area contributed by atoms with E-state index in [0.717, 1.165) is 12.1 Å². The zero-order chi connectivity index (χ0) is 16.9. The molecule has 0 aliphatic rings. The molecule has 1 unspecified atom stereocenters. The predicted molar refractivity (Wildman–Crippen MR) is 72.1 cm³/mol. The maximum absolute atomic E-state index is 12.0. The van der Waals surface area contributed by atoms with Gasteiger partial charge in [0.2, 0.25) is 0 Å². The molecule has 0 saturated heterocycles. The van der Waals surface area contributed by atoms with Gasteiger partial charge in [0.1, 0.15) is 5.75 Å². The standard InChI is InChI=1S/C14H16F3NO4/c1-8(2)13(20)21-9(3)12(19)18-10-4-6-11(7-5-10)22-14(15,16)17/h4-9H,1-3H3,(H,18,19). The molecule has 0 aliphatic carbocycles. The normalized spacial score (nSPS) is 12.7. The van der Waals surface area contributed by atoms with E-state index in [1.54, 1.807) is 13.8 Å². The van der Waals surface area contributed by atoms with Crippen LogP contribution in [0.25, 0.3) is 0 Å². The molecule has 0 fully saturated rings. The number of hydrogen-bond acceptors (Lipinski definition) is 4. The Morgan fingerprint density at radius 3 is 2.09 bits per heavy atom. The first-order chi connectivity index (χ1) is 10.1. The number of nitrogens with one attached hydrogen (secondary N) is 1. The molecule has 1 aromatic rings. The van der Waals surface area contributed by atoms with Crippen LogP contribution >= 0.6 is 0 Å². The Morgan fingerprint density at radius 1 is 1.09 bits per heavy atom. The monoisotopic (exact) mass is 319 g/mol. The summed E-state index contributed by atoms with van der Waals surface area (Å²) < 4.78 is 44.6. The number of ether oxygens (including phenoxy) is 2. The summed E-state index contributed by atoms with van der Waals surface area (Å²) in [6, 6.07) is 4.62. The van der Waals surface area contributed by atoms with E-state index >= 15 is 0 Å². The van der Waals surface area contributed by atoms with E-state index in [1.807, 2.05) is 0 Å². The van der Waals surface area contributed by atoms with Crippen molar-refractivity contribution in [2.45, 2.75) is 33.2 Å². The number of benzene rings is 1. The van der Waals surface area contributed by atoms with E-state index in [2.05, 4.69) is 10.1 Å². The second-order valence-electron chi connectivity index (χ2n) is 4.80. The topological polar surface area (TPSA) is 64.6 Å². The first-order valence-electron chi connectivity index (χ1n) is 6.45. The molecule has 1 atom stereocenters. The highest BCUT2D eigenvalue weighted by Crippen LogP contribution is 2.24. The van der Waals surface area contributed by atoms with Crippen molar-refractivity contribution in [3.63, 3.8) is 0 Å². The van der Waals surface area contributed by atoms with Crippen LogP contribution in [-0.4, -0.2) is 24.3 Å². The lowest BCUT2D eigenvalue weighted by Crippen LogP contribution is -2.31. The Bertz CT molecular complexity index is 526. The zero-order valence-electron chi connectivity index (χ0n) is 12.2. The molecule has 1 N–H and O–H groups in total. The van der Waals surface area contributed by atoms with Crippen LogP contribution in [0.3, 0.4) is 0 Å². The fourth-order valence-corrected chi connectivity index (χ4v) is 1.35. The third kappa shape index (κ3) is 6.02. The number of anilines is 1. The van der Waals surface area contributed by atoms with Gasteiger partial charge < -0.3 is 14.8 Å². The predicted octanol–water partition coefficient (Wildman–Crippen LogP) is 3.11. The van der Waals surface area contributed by atoms with Crippen LogP contribution < -0.4 is 10.1 Å². The Balaban J connectivity index is 2.59. The Morgan fingerprint density at radius 2 is 1.64 bits per heavy atom. The number of amides is 1. The molecule has 1 rings (SSSR count). The molecule has 0 heterocycles. The Hall–Kier alpha value is -2.25. The van der Waals surface area contributed by atoms with Crippen molar-refractivity contribution < 1.29 is 32.2 Å². The van der Waals surface area contributed by atoms with Gasteiger partial charge in [-0.2, -0.15) is 0 Å². The second kappa shape index (κ2) is 7.15. The maximum atomic E-state index is 12.0. The molecule has 0 radical (unpaired) electrons. The van der Waals surface area contributed by atoms with Crippen molar-refractivity contribution >= 4 is 17.6 Å². The number of rotatable bonds is 5. The van der Waals surface area contributed by atoms with Crippen molar-refractivity contribution in [1.29, 1.82) is 0 Å². The number of alkyl halides is 3. The van der Waals surface area contributed by atoms with Gasteiger partial charge in [-0.15, -0.1) is 13.2 Å². The molecule has 8 heteroatoms. The van der Waals surface area contributed by atoms with Crippen LogP contribution in [0.2, 0.25) is 0 Å². The van der Waals surface area contributed by atoms with Crippen molar-refractivity contribution in [2.24, 2.45) is 5.92 Å². The van der Waals surface area contributed by atoms with Crippen LogP contribution in [0, 0.1) is 5.92 Å². The summed E-state index contributed by atoms with van der Waals surface area (Å²) >= 11 is 0. The van der Waals surface area contributed by atoms with Gasteiger partial charge in [-0.25, -0.2) is 0 Å². The third-order valence-corrected chi connectivity index (χ3v) is 2.49. The highest BCUT2D eigenvalue weighted by molar-refractivity contribution is 5.95. The first kappa shape index (κ1) is 17.8. The SMILES string of the molecule is CC(C)C(=O)OC(C)C(=O)Nc1ccc(OC(F)(F)F)cc1. The summed E-state index contributed by atoms with van der Waals surface area (Å²) in [6.45, 7) is 4.66. The fraction of sp³-hybridized carbons (Fsp3) is 0.429. The van der Waals surface area contributed by atoms with Crippen LogP contribution in [0.15, 0.2) is 24.3 Å². The number of halogens is 3. The zero-order valence-corrected chi connectivity index (χ0v) is 12.2. The van der Waals surface area contributed by atoms with E-state index in [0.29, 0.717) is 0 Å². The lowest BCUT2D eigenvalue weighted by molar-refractivity contribution is -0.274. The quantitative estimate of drug-likeness (QED) is 0.847. The molecular weight excluding hydrogens is 303 g/mol. The Labute approximate surface area is 125 Å². The average molecular weight is 319 g/mol. The largest absolute Gasteiger partial charge is 0.573 e. The molecule has 0 saturated carbocycles. The Kier molecular flexibility index (Phi) is 5.78. The van der Waals surface area contributed by atoms with Gasteiger partial charge in [-0.05, 0) is 31.2 Å². The minimum atomic E-state index is -4.77. The molecule has 0 bridgehead atoms. The van der Waals surface area contributed by atoms with Crippen LogP contribution in [0.1, 0.15) is 20.8 Å². The summed E-state index contributed by atoms with van der Waals surface area (Å²) in [5, 5.41) is 2.42. The van der Waals surface area contributed by atoms with Crippen molar-refractivity contribution in [3.05, 3.63) is 24.3 Å². The van der Waals surface area contributed by atoms with E-state index < -0.39 is 30.1 Å². The smallest absolute Gasteiger partial charge is 0.452 e. The van der Waals surface area contributed by atoms with E-state index in [1.165, 1.54) is 19.1 Å². The van der Waals surface area contributed by atoms with E-state index in [4.69, 9.17) is 4.74 Å². The van der Waals surface area contributed by atoms with Gasteiger partial charge in [-0.1, -0.05) is 13.8 Å². The van der Waals surface area contributed by atoms with E-state index in [9.17, 15) is 22.8 Å². The minimum absolute atomic E-state index is 0.256. The van der Waals surface area contributed by atoms with Crippen molar-refractivity contribution in [2.75, 3.05) is 5.32 Å². The van der Waals surface area contributed by atoms with Crippen molar-refractivity contribution in [1.82, 2.24) is 0 Å². The molecule has 122 valence electrons. The average Bonchev–Trinajstić information content (AvgIpc) is 2.39. The van der Waals surface area contributed by atoms with Gasteiger partial charge in [-0.3, -0.25) is 9.59 Å². The number of carbonyl (C=O) groups excluding carboxylic acids is 2. The molecule has 0 spiro atoms. The van der Waals surface area contributed by atoms with Gasteiger partial charge in [0.25, 0.3) is 5.91 Å². The van der Waals surface area contributed by atoms with Gasteiger partial charge in [0.05, 0.1) is 5.92 Å². The van der Waals surface area contributed by atoms with Gasteiger partial charge in [0, 0.05) is 5.69 Å². The summed E-state index contributed by atoms with van der Waals surface area (Å²) in [6.07, 6.45) is -5.79. The highest BCUT2D eigenvalue weighted by Gasteiger charge is 2.31. The summed E-state index contributed by atoms with van der Waals surface area (Å²) in [5.41, 5.74) is 0.256. The molecular formula is C14H16F3NO4. The molecule has 0 aliphatic heterocycles. The molecule has 22 heavy (non-hydrogen) atoms. The number of carbonyl (C=O) groups is 2. The summed E-state index contributed by atoms with van der Waals surface area (Å²) in [7, 11) is 0. The summed E-state index contributed by atoms with van der Waals surface area (Å²) in [5.74, 6) is -1.87. The van der Waals surface area contributed by atoms with Crippen LogP contribution in [-0.2, 0) is 14.3 Å². The van der Waals surface area contributed by atoms with Gasteiger partial charge in [0.15, 0.2) is 6.10 Å². The molecule has 1 amide bonds. The lowest BCUT2D eigenvalue weighted by atomic mass is 10.2. The van der Waals surface area contributed by atoms with E-state index in [-0.39, 0.29) is 11.6 Å². The molecule has 1 aromatic carbocycles. The first-order valence-corrected chi connectivity index (χ1v) is 6.45. The number of esters is 1. The molecule has 0 aromatic heterocycles. The maximum Gasteiger partial charge on any atom is 0.573 e. The molecule has 5 nitrogen and oxygen atoms in total. The van der Waals surface area contributed by atoms with Gasteiger partial charge >= 0.3 is 12.3 Å². The summed E-state index contributed by atoms with van der Waals surface area (Å²) in [4.78, 5) is 23.1. The minimum Gasteiger partial charge on any atom is -0.452 e. The van der Waals surface area contributed by atoms with Crippen LogP contribution in [0.5, 0.6) is 5.75 Å². The number of hydrogen-bond donors (Lipinski definition) is 1. The van der Waals surface area contributed by atoms with Crippen molar-refractivity contribution in [3.8, 4) is 5.75 Å². The highest BCUT2D eigenvalue weighted by atomic mass is 19.4. The third-order valence-electron chi connectivity index (χ3n) is 2.49. The fourth-order valence-electron chi connectivity index (χ4n) is 1.35.